The van der Waals surface area contributed by atoms with E-state index in [-0.39, 0.29) is 22.9 Å². The van der Waals surface area contributed by atoms with Crippen LogP contribution in [0.25, 0.3) is 0 Å². The summed E-state index contributed by atoms with van der Waals surface area (Å²) in [7, 11) is 0. The number of benzene rings is 1. The van der Waals surface area contributed by atoms with Crippen LogP contribution < -0.4 is 5.32 Å². The van der Waals surface area contributed by atoms with Gasteiger partial charge in [0.25, 0.3) is 0 Å². The summed E-state index contributed by atoms with van der Waals surface area (Å²) in [6.07, 6.45) is 0. The van der Waals surface area contributed by atoms with E-state index in [0.717, 1.165) is 6.07 Å². The summed E-state index contributed by atoms with van der Waals surface area (Å²) in [5.74, 6) is -1.69. The number of amides is 1. The number of hydrogen-bond acceptors (Lipinski definition) is 3. The summed E-state index contributed by atoms with van der Waals surface area (Å²) in [4.78, 5) is 21.2. The number of aromatic carboxylic acids is 1. The molecule has 0 radical (unpaired) electrons. The van der Waals surface area contributed by atoms with Crippen molar-refractivity contribution < 1.29 is 19.8 Å². The number of aromatic hydroxyl groups is 1. The van der Waals surface area contributed by atoms with Gasteiger partial charge in [-0.3, -0.25) is 4.79 Å². The number of carbonyl (C=O) groups is 2. The number of carboxylic acid groups (broad SMARTS) is 1. The largest absolute Gasteiger partial charge is 0.508 e. The highest BCUT2D eigenvalue weighted by Gasteiger charge is 2.06. The van der Waals surface area contributed by atoms with Gasteiger partial charge in [-0.2, -0.15) is 0 Å². The van der Waals surface area contributed by atoms with Crippen molar-refractivity contribution in [3.63, 3.8) is 0 Å². The van der Waals surface area contributed by atoms with Gasteiger partial charge in [0.15, 0.2) is 0 Å². The molecule has 0 saturated heterocycles. The van der Waals surface area contributed by atoms with Crippen LogP contribution in [0.4, 0.5) is 5.69 Å². The van der Waals surface area contributed by atoms with Crippen molar-refractivity contribution >= 4 is 17.6 Å². The molecule has 0 heterocycles. The van der Waals surface area contributed by atoms with Gasteiger partial charge in [0.2, 0.25) is 5.91 Å². The number of phenols is 1. The lowest BCUT2D eigenvalue weighted by Gasteiger charge is -2.04. The maximum atomic E-state index is 10.7. The third kappa shape index (κ3) is 2.48. The standard InChI is InChI=1S/C9H9NO4/c1-5(11)10-7-2-6(9(13)14)3-8(12)4-7/h2-4,12H,1H3,(H,10,11)(H,13,14). The first-order valence-electron chi connectivity index (χ1n) is 3.84. The lowest BCUT2D eigenvalue weighted by Crippen LogP contribution is -2.06. The van der Waals surface area contributed by atoms with E-state index in [4.69, 9.17) is 10.2 Å². The molecule has 5 heteroatoms. The van der Waals surface area contributed by atoms with Crippen molar-refractivity contribution in [3.05, 3.63) is 23.8 Å². The van der Waals surface area contributed by atoms with Crippen LogP contribution >= 0.6 is 0 Å². The first-order chi connectivity index (χ1) is 6.49. The topological polar surface area (TPSA) is 86.6 Å². The molecule has 0 aliphatic carbocycles. The third-order valence-corrected chi connectivity index (χ3v) is 1.49. The second-order valence-electron chi connectivity index (χ2n) is 2.75. The van der Waals surface area contributed by atoms with Crippen molar-refractivity contribution in [2.45, 2.75) is 6.92 Å². The fourth-order valence-electron chi connectivity index (χ4n) is 1.01. The highest BCUT2D eigenvalue weighted by Crippen LogP contribution is 2.19. The van der Waals surface area contributed by atoms with Gasteiger partial charge >= 0.3 is 5.97 Å². The maximum absolute atomic E-state index is 10.7. The maximum Gasteiger partial charge on any atom is 0.335 e. The number of carboxylic acids is 1. The van der Waals surface area contributed by atoms with Crippen molar-refractivity contribution in [2.24, 2.45) is 0 Å². The Morgan fingerprint density at radius 3 is 2.43 bits per heavy atom. The Morgan fingerprint density at radius 2 is 1.93 bits per heavy atom. The SMILES string of the molecule is CC(=O)Nc1cc(O)cc(C(=O)O)c1. The molecule has 0 aromatic heterocycles. The Labute approximate surface area is 80.0 Å². The molecular formula is C9H9NO4. The first kappa shape index (κ1) is 10.0. The molecular weight excluding hydrogens is 186 g/mol. The fourth-order valence-corrected chi connectivity index (χ4v) is 1.01. The molecule has 5 nitrogen and oxygen atoms in total. The van der Waals surface area contributed by atoms with Gasteiger partial charge < -0.3 is 15.5 Å². The monoisotopic (exact) mass is 195 g/mol. The van der Waals surface area contributed by atoms with Crippen LogP contribution in [-0.4, -0.2) is 22.1 Å². The molecule has 1 aromatic rings. The number of rotatable bonds is 2. The number of anilines is 1. The average molecular weight is 195 g/mol. The molecule has 0 unspecified atom stereocenters. The molecule has 14 heavy (non-hydrogen) atoms. The van der Waals surface area contributed by atoms with Crippen molar-refractivity contribution in [1.82, 2.24) is 0 Å². The van der Waals surface area contributed by atoms with Crippen molar-refractivity contribution in [2.75, 3.05) is 5.32 Å². The van der Waals surface area contributed by atoms with E-state index >= 15 is 0 Å². The van der Waals surface area contributed by atoms with Gasteiger partial charge in [-0.25, -0.2) is 4.79 Å². The van der Waals surface area contributed by atoms with Crippen LogP contribution in [0.15, 0.2) is 18.2 Å². The summed E-state index contributed by atoms with van der Waals surface area (Å²) in [6.45, 7) is 1.30. The van der Waals surface area contributed by atoms with Crippen LogP contribution in [0, 0.1) is 0 Å². The molecule has 0 fully saturated rings. The minimum atomic E-state index is -1.16. The minimum absolute atomic E-state index is 0.0752. The lowest BCUT2D eigenvalue weighted by atomic mass is 10.2. The highest BCUT2D eigenvalue weighted by atomic mass is 16.4. The van der Waals surface area contributed by atoms with Gasteiger partial charge in [-0.05, 0) is 12.1 Å². The average Bonchev–Trinajstić information content (AvgIpc) is 2.01. The zero-order chi connectivity index (χ0) is 10.7. The second kappa shape index (κ2) is 3.78. The smallest absolute Gasteiger partial charge is 0.335 e. The minimum Gasteiger partial charge on any atom is -0.508 e. The van der Waals surface area contributed by atoms with Gasteiger partial charge in [0.05, 0.1) is 5.56 Å². The highest BCUT2D eigenvalue weighted by molar-refractivity contribution is 5.93. The molecule has 3 N–H and O–H groups in total. The van der Waals surface area contributed by atoms with Gasteiger partial charge in [-0.15, -0.1) is 0 Å². The van der Waals surface area contributed by atoms with Crippen molar-refractivity contribution in [3.8, 4) is 5.75 Å². The number of hydrogen-bond donors (Lipinski definition) is 3. The molecule has 1 aromatic carbocycles. The molecule has 0 aliphatic heterocycles. The second-order valence-corrected chi connectivity index (χ2v) is 2.75. The summed E-state index contributed by atoms with van der Waals surface area (Å²) in [5.41, 5.74) is 0.184. The summed E-state index contributed by atoms with van der Waals surface area (Å²) in [5, 5.41) is 20.2. The van der Waals surface area contributed by atoms with Crippen LogP contribution in [0.3, 0.4) is 0 Å². The summed E-state index contributed by atoms with van der Waals surface area (Å²) < 4.78 is 0. The van der Waals surface area contributed by atoms with Crippen LogP contribution in [0.1, 0.15) is 17.3 Å². The van der Waals surface area contributed by atoms with Crippen LogP contribution in [0.2, 0.25) is 0 Å². The molecule has 74 valence electrons. The van der Waals surface area contributed by atoms with E-state index in [0.29, 0.717) is 0 Å². The third-order valence-electron chi connectivity index (χ3n) is 1.49. The Balaban J connectivity index is 3.07. The molecule has 1 rings (SSSR count). The number of nitrogens with one attached hydrogen (secondary N) is 1. The molecule has 1 amide bonds. The summed E-state index contributed by atoms with van der Waals surface area (Å²) >= 11 is 0. The van der Waals surface area contributed by atoms with Gasteiger partial charge in [-0.1, -0.05) is 0 Å². The molecule has 0 atom stereocenters. The Kier molecular flexibility index (Phi) is 2.71. The normalized spacial score (nSPS) is 9.50. The predicted molar refractivity (Wildman–Crippen MR) is 49.4 cm³/mol. The van der Waals surface area contributed by atoms with Crippen LogP contribution in [0.5, 0.6) is 5.75 Å². The molecule has 0 aliphatic rings. The Morgan fingerprint density at radius 1 is 1.29 bits per heavy atom. The van der Waals surface area contributed by atoms with E-state index < -0.39 is 5.97 Å². The number of carbonyl (C=O) groups excluding carboxylic acids is 1. The van der Waals surface area contributed by atoms with Gasteiger partial charge in [0, 0.05) is 18.7 Å². The van der Waals surface area contributed by atoms with E-state index in [2.05, 4.69) is 5.32 Å². The Hall–Kier alpha value is -2.04. The van der Waals surface area contributed by atoms with E-state index in [1.807, 2.05) is 0 Å². The summed E-state index contributed by atoms with van der Waals surface area (Å²) in [6, 6.07) is 3.64. The predicted octanol–water partition coefficient (Wildman–Crippen LogP) is 1.05. The van der Waals surface area contributed by atoms with E-state index in [1.165, 1.54) is 19.1 Å². The molecule has 0 saturated carbocycles. The molecule has 0 bridgehead atoms. The first-order valence-corrected chi connectivity index (χ1v) is 3.84. The lowest BCUT2D eigenvalue weighted by molar-refractivity contribution is -0.114. The van der Waals surface area contributed by atoms with Crippen molar-refractivity contribution in [1.29, 1.82) is 0 Å². The van der Waals surface area contributed by atoms with Gasteiger partial charge in [0.1, 0.15) is 5.75 Å². The Bertz CT molecular complexity index is 386. The number of phenolic OH excluding ortho intramolecular Hbond substituents is 1. The fraction of sp³-hybridized carbons (Fsp3) is 0.111. The van der Waals surface area contributed by atoms with Crippen LogP contribution in [-0.2, 0) is 4.79 Å². The zero-order valence-electron chi connectivity index (χ0n) is 7.44. The quantitative estimate of drug-likeness (QED) is 0.658. The molecule has 0 spiro atoms. The van der Waals surface area contributed by atoms with E-state index in [9.17, 15) is 9.59 Å². The zero-order valence-corrected chi connectivity index (χ0v) is 7.44. The van der Waals surface area contributed by atoms with E-state index in [1.54, 1.807) is 0 Å².